The molecule has 2 aromatic carbocycles. The quantitative estimate of drug-likeness (QED) is 0.512. The van der Waals surface area contributed by atoms with Gasteiger partial charge in [0.25, 0.3) is 0 Å². The molecule has 0 saturated heterocycles. The van der Waals surface area contributed by atoms with Crippen molar-refractivity contribution in [2.45, 2.75) is 13.3 Å². The Balaban J connectivity index is 2.97. The van der Waals surface area contributed by atoms with E-state index in [9.17, 15) is 31.1 Å². The molecule has 0 amide bonds. The second-order valence-electron chi connectivity index (χ2n) is 4.55. The summed E-state index contributed by atoms with van der Waals surface area (Å²) in [5.74, 6) is -13.9. The van der Waals surface area contributed by atoms with Gasteiger partial charge in [0.05, 0.1) is 11.1 Å². The normalized spacial score (nSPS) is 10.9. The Bertz CT molecular complexity index is 787. The zero-order chi connectivity index (χ0) is 17.5. The third-order valence-corrected chi connectivity index (χ3v) is 3.30. The van der Waals surface area contributed by atoms with Crippen LogP contribution in [0.4, 0.5) is 26.3 Å². The van der Waals surface area contributed by atoms with Crippen LogP contribution in [0, 0.1) is 34.9 Å². The highest BCUT2D eigenvalue weighted by atomic mass is 19.2. The Morgan fingerprint density at radius 3 is 1.83 bits per heavy atom. The van der Waals surface area contributed by atoms with Crippen LogP contribution < -0.4 is 0 Å². The van der Waals surface area contributed by atoms with E-state index in [0.29, 0.717) is 12.1 Å². The molecule has 0 unspecified atom stereocenters. The minimum atomic E-state index is -2.36. The lowest BCUT2D eigenvalue weighted by molar-refractivity contribution is 0.0696. The number of halogens is 6. The van der Waals surface area contributed by atoms with Crippen molar-refractivity contribution in [2.24, 2.45) is 0 Å². The number of carbonyl (C=O) groups is 1. The molecule has 0 bridgehead atoms. The van der Waals surface area contributed by atoms with E-state index in [1.165, 1.54) is 6.92 Å². The molecule has 2 rings (SSSR count). The Labute approximate surface area is 126 Å². The van der Waals surface area contributed by atoms with E-state index in [1.807, 2.05) is 0 Å². The van der Waals surface area contributed by atoms with Crippen LogP contribution in [0.2, 0.25) is 0 Å². The van der Waals surface area contributed by atoms with E-state index in [1.54, 1.807) is 0 Å². The Morgan fingerprint density at radius 2 is 1.39 bits per heavy atom. The van der Waals surface area contributed by atoms with Crippen molar-refractivity contribution in [3.05, 3.63) is 58.2 Å². The second kappa shape index (κ2) is 5.94. The topological polar surface area (TPSA) is 37.3 Å². The van der Waals surface area contributed by atoms with Crippen LogP contribution in [0.25, 0.3) is 11.1 Å². The maximum absolute atomic E-state index is 13.9. The third kappa shape index (κ3) is 2.54. The summed E-state index contributed by atoms with van der Waals surface area (Å²) < 4.78 is 81.1. The maximum atomic E-state index is 13.9. The minimum Gasteiger partial charge on any atom is -0.478 e. The van der Waals surface area contributed by atoms with Crippen molar-refractivity contribution in [2.75, 3.05) is 0 Å². The number of carboxylic acids is 1. The monoisotopic (exact) mass is 334 g/mol. The van der Waals surface area contributed by atoms with Crippen LogP contribution in [0.3, 0.4) is 0 Å². The van der Waals surface area contributed by atoms with Gasteiger partial charge in [0.15, 0.2) is 23.3 Å². The number of carboxylic acid groups (broad SMARTS) is 1. The summed E-state index contributed by atoms with van der Waals surface area (Å²) in [6.45, 7) is 1.38. The molecule has 2 aromatic rings. The average molecular weight is 334 g/mol. The van der Waals surface area contributed by atoms with Crippen LogP contribution in [0.5, 0.6) is 0 Å². The first kappa shape index (κ1) is 16.9. The number of aromatic carboxylic acids is 1. The summed E-state index contributed by atoms with van der Waals surface area (Å²) >= 11 is 0. The van der Waals surface area contributed by atoms with Gasteiger partial charge in [-0.2, -0.15) is 0 Å². The summed E-state index contributed by atoms with van der Waals surface area (Å²) in [7, 11) is 0. The standard InChI is InChI=1S/C15H8F6O2/c1-2-5-7(16)4-3-6(8(5)15(22)23)9-10(17)12(19)14(21)13(20)11(9)18/h3-4H,2H2,1H3,(H,22,23). The van der Waals surface area contributed by atoms with E-state index in [-0.39, 0.29) is 6.42 Å². The first-order chi connectivity index (χ1) is 10.7. The molecule has 2 nitrogen and oxygen atoms in total. The fourth-order valence-electron chi connectivity index (χ4n) is 2.26. The highest BCUT2D eigenvalue weighted by Gasteiger charge is 2.30. The van der Waals surface area contributed by atoms with Crippen molar-refractivity contribution in [3.63, 3.8) is 0 Å². The van der Waals surface area contributed by atoms with Crippen molar-refractivity contribution in [1.29, 1.82) is 0 Å². The smallest absolute Gasteiger partial charge is 0.336 e. The SMILES string of the molecule is CCc1c(F)ccc(-c2c(F)c(F)c(F)c(F)c2F)c1C(=O)O. The van der Waals surface area contributed by atoms with Crippen LogP contribution in [-0.4, -0.2) is 11.1 Å². The van der Waals surface area contributed by atoms with Crippen LogP contribution >= 0.6 is 0 Å². The fraction of sp³-hybridized carbons (Fsp3) is 0.133. The predicted octanol–water partition coefficient (Wildman–Crippen LogP) is 4.45. The van der Waals surface area contributed by atoms with Crippen molar-refractivity contribution >= 4 is 5.97 Å². The number of rotatable bonds is 3. The number of benzene rings is 2. The first-order valence-corrected chi connectivity index (χ1v) is 6.28. The summed E-state index contributed by atoms with van der Waals surface area (Å²) in [6, 6.07) is 1.37. The molecule has 0 aliphatic heterocycles. The van der Waals surface area contributed by atoms with Gasteiger partial charge in [-0.15, -0.1) is 0 Å². The average Bonchev–Trinajstić information content (AvgIpc) is 2.51. The Kier molecular flexibility index (Phi) is 4.35. The van der Waals surface area contributed by atoms with E-state index in [4.69, 9.17) is 5.11 Å². The first-order valence-electron chi connectivity index (χ1n) is 6.28. The summed E-state index contributed by atoms with van der Waals surface area (Å²) in [4.78, 5) is 11.3. The molecule has 0 saturated carbocycles. The third-order valence-electron chi connectivity index (χ3n) is 3.30. The highest BCUT2D eigenvalue weighted by molar-refractivity contribution is 5.98. The molecule has 0 spiro atoms. The molecular formula is C15H8F6O2. The lowest BCUT2D eigenvalue weighted by Gasteiger charge is -2.14. The molecule has 23 heavy (non-hydrogen) atoms. The Morgan fingerprint density at radius 1 is 0.913 bits per heavy atom. The van der Waals surface area contributed by atoms with Gasteiger partial charge in [0.1, 0.15) is 5.82 Å². The number of hydrogen-bond donors (Lipinski definition) is 1. The van der Waals surface area contributed by atoms with Gasteiger partial charge in [0, 0.05) is 11.1 Å². The van der Waals surface area contributed by atoms with E-state index in [0.717, 1.165) is 0 Å². The number of hydrogen-bond acceptors (Lipinski definition) is 1. The minimum absolute atomic E-state index is 0.156. The van der Waals surface area contributed by atoms with Gasteiger partial charge in [-0.25, -0.2) is 31.1 Å². The van der Waals surface area contributed by atoms with Gasteiger partial charge in [0.2, 0.25) is 5.82 Å². The molecule has 122 valence electrons. The molecule has 1 N–H and O–H groups in total. The molecule has 0 heterocycles. The maximum Gasteiger partial charge on any atom is 0.336 e. The Hall–Kier alpha value is -2.51. The lowest BCUT2D eigenvalue weighted by atomic mass is 9.92. The van der Waals surface area contributed by atoms with Gasteiger partial charge in [-0.1, -0.05) is 13.0 Å². The molecule has 0 aromatic heterocycles. The fourth-order valence-corrected chi connectivity index (χ4v) is 2.26. The second-order valence-corrected chi connectivity index (χ2v) is 4.55. The van der Waals surface area contributed by atoms with E-state index >= 15 is 0 Å². The van der Waals surface area contributed by atoms with Crippen molar-refractivity contribution < 1.29 is 36.2 Å². The molecule has 0 aliphatic rings. The zero-order valence-corrected chi connectivity index (χ0v) is 11.5. The largest absolute Gasteiger partial charge is 0.478 e. The lowest BCUT2D eigenvalue weighted by Crippen LogP contribution is -2.11. The van der Waals surface area contributed by atoms with E-state index in [2.05, 4.69) is 0 Å². The molecule has 0 aliphatic carbocycles. The van der Waals surface area contributed by atoms with Gasteiger partial charge in [-0.05, 0) is 12.5 Å². The molecule has 0 atom stereocenters. The molecule has 0 fully saturated rings. The van der Waals surface area contributed by atoms with Gasteiger partial charge in [-0.3, -0.25) is 0 Å². The molecule has 0 radical (unpaired) electrons. The highest BCUT2D eigenvalue weighted by Crippen LogP contribution is 2.35. The molecule has 8 heteroatoms. The van der Waals surface area contributed by atoms with Crippen LogP contribution in [-0.2, 0) is 6.42 Å². The van der Waals surface area contributed by atoms with Crippen LogP contribution in [0.1, 0.15) is 22.8 Å². The molecular weight excluding hydrogens is 326 g/mol. The van der Waals surface area contributed by atoms with Crippen LogP contribution in [0.15, 0.2) is 12.1 Å². The van der Waals surface area contributed by atoms with E-state index < -0.39 is 63.1 Å². The van der Waals surface area contributed by atoms with Gasteiger partial charge >= 0.3 is 5.97 Å². The zero-order valence-electron chi connectivity index (χ0n) is 11.5. The predicted molar refractivity (Wildman–Crippen MR) is 68.0 cm³/mol. The van der Waals surface area contributed by atoms with Crippen molar-refractivity contribution in [3.8, 4) is 11.1 Å². The summed E-state index contributed by atoms with van der Waals surface area (Å²) in [6.07, 6.45) is -0.156. The summed E-state index contributed by atoms with van der Waals surface area (Å²) in [5, 5.41) is 9.17. The van der Waals surface area contributed by atoms with Gasteiger partial charge < -0.3 is 5.11 Å². The summed E-state index contributed by atoms with van der Waals surface area (Å²) in [5.41, 5.74) is -3.45. The van der Waals surface area contributed by atoms with Crippen molar-refractivity contribution in [1.82, 2.24) is 0 Å².